The van der Waals surface area contributed by atoms with Crippen LogP contribution in [0.5, 0.6) is 0 Å². The van der Waals surface area contributed by atoms with Gasteiger partial charge in [-0.2, -0.15) is 0 Å². The highest BCUT2D eigenvalue weighted by Crippen LogP contribution is 2.34. The van der Waals surface area contributed by atoms with Crippen molar-refractivity contribution in [2.24, 2.45) is 5.92 Å². The summed E-state index contributed by atoms with van der Waals surface area (Å²) in [5, 5.41) is 3.57. The molecule has 0 aromatic rings. The Kier molecular flexibility index (Phi) is 4.67. The van der Waals surface area contributed by atoms with Crippen molar-refractivity contribution in [2.45, 2.75) is 58.4 Å². The van der Waals surface area contributed by atoms with Crippen molar-refractivity contribution in [1.29, 1.82) is 0 Å². The van der Waals surface area contributed by atoms with E-state index in [1.807, 2.05) is 0 Å². The van der Waals surface area contributed by atoms with Gasteiger partial charge in [0.2, 0.25) is 0 Å². The topological polar surface area (TPSA) is 12.0 Å². The zero-order valence-electron chi connectivity index (χ0n) is 8.60. The standard InChI is InChI=1S/C11H23N/c1-3-5-11(12-4-2)9-8-10-6-7-10/h10-12H,3-9H2,1-2H3. The Morgan fingerprint density at radius 1 is 1.25 bits per heavy atom. The van der Waals surface area contributed by atoms with E-state index >= 15 is 0 Å². The third-order valence-corrected chi connectivity index (χ3v) is 2.75. The summed E-state index contributed by atoms with van der Waals surface area (Å²) >= 11 is 0. The predicted molar refractivity (Wildman–Crippen MR) is 54.3 cm³/mol. The lowest BCUT2D eigenvalue weighted by molar-refractivity contribution is 0.436. The monoisotopic (exact) mass is 169 g/mol. The Hall–Kier alpha value is -0.0400. The van der Waals surface area contributed by atoms with Crippen LogP contribution in [0.15, 0.2) is 0 Å². The van der Waals surface area contributed by atoms with Gasteiger partial charge in [0.05, 0.1) is 0 Å². The zero-order valence-corrected chi connectivity index (χ0v) is 8.60. The summed E-state index contributed by atoms with van der Waals surface area (Å²) in [7, 11) is 0. The fourth-order valence-corrected chi connectivity index (χ4v) is 1.83. The first-order chi connectivity index (χ1) is 5.86. The highest BCUT2D eigenvalue weighted by molar-refractivity contribution is 4.76. The second kappa shape index (κ2) is 5.58. The third-order valence-electron chi connectivity index (χ3n) is 2.75. The van der Waals surface area contributed by atoms with Gasteiger partial charge in [0.25, 0.3) is 0 Å². The van der Waals surface area contributed by atoms with Gasteiger partial charge in [-0.1, -0.05) is 33.1 Å². The van der Waals surface area contributed by atoms with Gasteiger partial charge < -0.3 is 5.32 Å². The maximum atomic E-state index is 3.57. The molecule has 1 heteroatoms. The molecule has 0 saturated heterocycles. The summed E-state index contributed by atoms with van der Waals surface area (Å²) in [5.74, 6) is 1.10. The van der Waals surface area contributed by atoms with Crippen LogP contribution in [0.1, 0.15) is 52.4 Å². The van der Waals surface area contributed by atoms with Crippen LogP contribution in [-0.4, -0.2) is 12.6 Å². The second-order valence-corrected chi connectivity index (χ2v) is 4.06. The molecule has 1 aliphatic rings. The molecule has 0 aromatic carbocycles. The molecule has 1 saturated carbocycles. The Morgan fingerprint density at radius 3 is 2.50 bits per heavy atom. The molecule has 12 heavy (non-hydrogen) atoms. The summed E-state index contributed by atoms with van der Waals surface area (Å²) in [6, 6.07) is 0.806. The Morgan fingerprint density at radius 2 is 2.00 bits per heavy atom. The van der Waals surface area contributed by atoms with E-state index in [0.29, 0.717) is 0 Å². The normalized spacial score (nSPS) is 19.5. The molecule has 1 atom stereocenters. The van der Waals surface area contributed by atoms with Crippen molar-refractivity contribution in [1.82, 2.24) is 5.32 Å². The highest BCUT2D eigenvalue weighted by atomic mass is 14.9. The van der Waals surface area contributed by atoms with Gasteiger partial charge in [-0.05, 0) is 31.7 Å². The molecule has 0 aromatic heterocycles. The maximum Gasteiger partial charge on any atom is 0.00669 e. The lowest BCUT2D eigenvalue weighted by Crippen LogP contribution is -2.28. The predicted octanol–water partition coefficient (Wildman–Crippen LogP) is 2.95. The summed E-state index contributed by atoms with van der Waals surface area (Å²) in [6.45, 7) is 5.62. The average Bonchev–Trinajstić information content (AvgIpc) is 2.84. The van der Waals surface area contributed by atoms with Crippen LogP contribution in [0.3, 0.4) is 0 Å². The fraction of sp³-hybridized carbons (Fsp3) is 1.00. The number of rotatable bonds is 7. The van der Waals surface area contributed by atoms with Gasteiger partial charge in [-0.25, -0.2) is 0 Å². The number of hydrogen-bond acceptors (Lipinski definition) is 1. The van der Waals surface area contributed by atoms with Gasteiger partial charge in [-0.15, -0.1) is 0 Å². The van der Waals surface area contributed by atoms with E-state index in [1.165, 1.54) is 38.5 Å². The molecule has 1 unspecified atom stereocenters. The maximum absolute atomic E-state index is 3.57. The summed E-state index contributed by atoms with van der Waals surface area (Å²) in [6.07, 6.45) is 8.57. The minimum atomic E-state index is 0.806. The molecule has 1 fully saturated rings. The summed E-state index contributed by atoms with van der Waals surface area (Å²) in [4.78, 5) is 0. The average molecular weight is 169 g/mol. The molecule has 0 amide bonds. The first kappa shape index (κ1) is 10.0. The van der Waals surface area contributed by atoms with E-state index in [2.05, 4.69) is 19.2 Å². The summed E-state index contributed by atoms with van der Waals surface area (Å²) < 4.78 is 0. The highest BCUT2D eigenvalue weighted by Gasteiger charge is 2.21. The zero-order chi connectivity index (χ0) is 8.81. The number of hydrogen-bond donors (Lipinski definition) is 1. The van der Waals surface area contributed by atoms with Crippen LogP contribution in [0.25, 0.3) is 0 Å². The van der Waals surface area contributed by atoms with Crippen molar-refractivity contribution in [3.63, 3.8) is 0 Å². The molecule has 0 radical (unpaired) electrons. The molecule has 0 heterocycles. The smallest absolute Gasteiger partial charge is 0.00669 e. The Bertz CT molecular complexity index is 102. The van der Waals surface area contributed by atoms with Crippen molar-refractivity contribution in [3.05, 3.63) is 0 Å². The van der Waals surface area contributed by atoms with E-state index in [0.717, 1.165) is 18.5 Å². The first-order valence-corrected chi connectivity index (χ1v) is 5.60. The molecule has 0 bridgehead atoms. The van der Waals surface area contributed by atoms with Crippen LogP contribution in [0.4, 0.5) is 0 Å². The van der Waals surface area contributed by atoms with Gasteiger partial charge >= 0.3 is 0 Å². The molecule has 72 valence electrons. The minimum Gasteiger partial charge on any atom is -0.314 e. The Labute approximate surface area is 76.9 Å². The summed E-state index contributed by atoms with van der Waals surface area (Å²) in [5.41, 5.74) is 0. The van der Waals surface area contributed by atoms with Crippen molar-refractivity contribution in [3.8, 4) is 0 Å². The van der Waals surface area contributed by atoms with Gasteiger partial charge in [0.15, 0.2) is 0 Å². The van der Waals surface area contributed by atoms with Crippen LogP contribution < -0.4 is 5.32 Å². The van der Waals surface area contributed by atoms with Crippen LogP contribution in [-0.2, 0) is 0 Å². The van der Waals surface area contributed by atoms with Crippen LogP contribution in [0.2, 0.25) is 0 Å². The quantitative estimate of drug-likeness (QED) is 0.618. The van der Waals surface area contributed by atoms with Gasteiger partial charge in [0, 0.05) is 6.04 Å². The molecule has 0 aliphatic heterocycles. The third kappa shape index (κ3) is 4.10. The minimum absolute atomic E-state index is 0.806. The van der Waals surface area contributed by atoms with Crippen LogP contribution >= 0.6 is 0 Å². The molecular weight excluding hydrogens is 146 g/mol. The second-order valence-electron chi connectivity index (χ2n) is 4.06. The van der Waals surface area contributed by atoms with Crippen molar-refractivity contribution >= 4 is 0 Å². The van der Waals surface area contributed by atoms with Crippen molar-refractivity contribution in [2.75, 3.05) is 6.54 Å². The molecule has 0 spiro atoms. The van der Waals surface area contributed by atoms with E-state index in [-0.39, 0.29) is 0 Å². The lowest BCUT2D eigenvalue weighted by Gasteiger charge is -2.16. The van der Waals surface area contributed by atoms with E-state index < -0.39 is 0 Å². The van der Waals surface area contributed by atoms with E-state index in [1.54, 1.807) is 0 Å². The molecule has 1 aliphatic carbocycles. The van der Waals surface area contributed by atoms with Crippen LogP contribution in [0, 0.1) is 5.92 Å². The Balaban J connectivity index is 2.03. The molecule has 1 nitrogen and oxygen atoms in total. The molecule has 1 rings (SSSR count). The molecule has 1 N–H and O–H groups in total. The lowest BCUT2D eigenvalue weighted by atomic mass is 10.0. The largest absolute Gasteiger partial charge is 0.314 e. The van der Waals surface area contributed by atoms with E-state index in [4.69, 9.17) is 0 Å². The van der Waals surface area contributed by atoms with E-state index in [9.17, 15) is 0 Å². The molecular formula is C11H23N. The first-order valence-electron chi connectivity index (χ1n) is 5.60. The SMILES string of the molecule is CCCC(CCC1CC1)NCC. The van der Waals surface area contributed by atoms with Crippen molar-refractivity contribution < 1.29 is 0 Å². The van der Waals surface area contributed by atoms with Gasteiger partial charge in [0.1, 0.15) is 0 Å². The fourth-order valence-electron chi connectivity index (χ4n) is 1.83. The number of nitrogens with one attached hydrogen (secondary N) is 1. The van der Waals surface area contributed by atoms with Gasteiger partial charge in [-0.3, -0.25) is 0 Å².